The molecular weight excluding hydrogens is 236 g/mol. The molecule has 0 saturated heterocycles. The fraction of sp³-hybridized carbons (Fsp3) is 0.333. The van der Waals surface area contributed by atoms with Crippen LogP contribution in [0.3, 0.4) is 0 Å². The number of carbonyl (C=O) groups excluding carboxylic acids is 2. The lowest BCUT2D eigenvalue weighted by molar-refractivity contribution is -0.117. The smallest absolute Gasteiger partial charge is 0.426 e. The Morgan fingerprint density at radius 3 is 2.61 bits per heavy atom. The first-order valence-electron chi connectivity index (χ1n) is 5.37. The van der Waals surface area contributed by atoms with Crippen LogP contribution in [0.5, 0.6) is 0 Å². The van der Waals surface area contributed by atoms with Gasteiger partial charge < -0.3 is 9.15 Å². The SMILES string of the molecule is CC(C)(C)OC(=O)NNC(=O)/C=C/c1ccco1. The minimum atomic E-state index is -0.720. The number of carbonyl (C=O) groups is 2. The summed E-state index contributed by atoms with van der Waals surface area (Å²) in [4.78, 5) is 22.5. The maximum Gasteiger partial charge on any atom is 0.426 e. The Bertz CT molecular complexity index is 429. The van der Waals surface area contributed by atoms with Crippen molar-refractivity contribution in [3.8, 4) is 0 Å². The second-order valence-electron chi connectivity index (χ2n) is 4.46. The van der Waals surface area contributed by atoms with Gasteiger partial charge in [0.25, 0.3) is 5.91 Å². The Morgan fingerprint density at radius 2 is 2.06 bits per heavy atom. The highest BCUT2D eigenvalue weighted by Crippen LogP contribution is 2.05. The van der Waals surface area contributed by atoms with E-state index in [-0.39, 0.29) is 0 Å². The van der Waals surface area contributed by atoms with Gasteiger partial charge in [-0.1, -0.05) is 0 Å². The van der Waals surface area contributed by atoms with Crippen molar-refractivity contribution in [1.82, 2.24) is 10.9 Å². The summed E-state index contributed by atoms with van der Waals surface area (Å²) in [6.45, 7) is 5.18. The second kappa shape index (κ2) is 5.90. The number of ether oxygens (including phenoxy) is 1. The van der Waals surface area contributed by atoms with Crippen LogP contribution >= 0.6 is 0 Å². The van der Waals surface area contributed by atoms with Gasteiger partial charge in [0.15, 0.2) is 0 Å². The third kappa shape index (κ3) is 5.74. The molecule has 6 nitrogen and oxygen atoms in total. The highest BCUT2D eigenvalue weighted by Gasteiger charge is 2.15. The zero-order valence-electron chi connectivity index (χ0n) is 10.5. The average molecular weight is 252 g/mol. The van der Waals surface area contributed by atoms with Gasteiger partial charge in [0, 0.05) is 6.08 Å². The monoisotopic (exact) mass is 252 g/mol. The number of furan rings is 1. The van der Waals surface area contributed by atoms with Crippen LogP contribution in [-0.4, -0.2) is 17.6 Å². The second-order valence-corrected chi connectivity index (χ2v) is 4.46. The summed E-state index contributed by atoms with van der Waals surface area (Å²) in [7, 11) is 0. The molecule has 1 heterocycles. The highest BCUT2D eigenvalue weighted by atomic mass is 16.6. The van der Waals surface area contributed by atoms with E-state index in [0.717, 1.165) is 0 Å². The summed E-state index contributed by atoms with van der Waals surface area (Å²) >= 11 is 0. The molecule has 1 aromatic heterocycles. The van der Waals surface area contributed by atoms with E-state index in [4.69, 9.17) is 9.15 Å². The van der Waals surface area contributed by atoms with Crippen molar-refractivity contribution >= 4 is 18.1 Å². The number of nitrogens with one attached hydrogen (secondary N) is 2. The van der Waals surface area contributed by atoms with Gasteiger partial charge in [0.2, 0.25) is 0 Å². The van der Waals surface area contributed by atoms with E-state index in [1.165, 1.54) is 18.4 Å². The lowest BCUT2D eigenvalue weighted by Gasteiger charge is -2.19. The fourth-order valence-electron chi connectivity index (χ4n) is 1.00. The molecule has 0 aromatic carbocycles. The van der Waals surface area contributed by atoms with Crippen LogP contribution in [0.25, 0.3) is 6.08 Å². The number of hydrazine groups is 1. The minimum Gasteiger partial charge on any atom is -0.465 e. The van der Waals surface area contributed by atoms with Crippen molar-refractivity contribution in [2.24, 2.45) is 0 Å². The molecule has 0 fully saturated rings. The van der Waals surface area contributed by atoms with E-state index in [9.17, 15) is 9.59 Å². The summed E-state index contributed by atoms with van der Waals surface area (Å²) in [6.07, 6.45) is 3.49. The Kier molecular flexibility index (Phi) is 4.53. The van der Waals surface area contributed by atoms with Crippen LogP contribution < -0.4 is 10.9 Å². The molecule has 18 heavy (non-hydrogen) atoms. The fourth-order valence-corrected chi connectivity index (χ4v) is 1.00. The van der Waals surface area contributed by atoms with Gasteiger partial charge in [0.05, 0.1) is 6.26 Å². The maximum absolute atomic E-state index is 11.3. The molecule has 0 atom stereocenters. The van der Waals surface area contributed by atoms with Gasteiger partial charge in [-0.15, -0.1) is 0 Å². The van der Waals surface area contributed by atoms with E-state index in [1.807, 2.05) is 0 Å². The van der Waals surface area contributed by atoms with Crippen LogP contribution in [0.4, 0.5) is 4.79 Å². The quantitative estimate of drug-likeness (QED) is 0.621. The largest absolute Gasteiger partial charge is 0.465 e. The Hall–Kier alpha value is -2.24. The molecule has 0 saturated carbocycles. The summed E-state index contributed by atoms with van der Waals surface area (Å²) in [5.41, 5.74) is 3.69. The molecule has 1 rings (SSSR count). The number of rotatable bonds is 2. The van der Waals surface area contributed by atoms with E-state index < -0.39 is 17.6 Å². The number of hydrogen-bond donors (Lipinski definition) is 2. The number of amides is 2. The first-order valence-corrected chi connectivity index (χ1v) is 5.37. The molecule has 0 unspecified atom stereocenters. The first kappa shape index (κ1) is 13.8. The van der Waals surface area contributed by atoms with E-state index >= 15 is 0 Å². The van der Waals surface area contributed by atoms with Crippen LogP contribution in [0.2, 0.25) is 0 Å². The van der Waals surface area contributed by atoms with Crippen LogP contribution in [-0.2, 0) is 9.53 Å². The van der Waals surface area contributed by atoms with E-state index in [2.05, 4.69) is 10.9 Å². The van der Waals surface area contributed by atoms with Gasteiger partial charge >= 0.3 is 6.09 Å². The first-order chi connectivity index (χ1) is 8.37. The predicted molar refractivity (Wildman–Crippen MR) is 65.3 cm³/mol. The van der Waals surface area contributed by atoms with Crippen LogP contribution in [0.15, 0.2) is 28.9 Å². The topological polar surface area (TPSA) is 80.6 Å². The van der Waals surface area contributed by atoms with Crippen molar-refractivity contribution in [1.29, 1.82) is 0 Å². The van der Waals surface area contributed by atoms with Crippen molar-refractivity contribution < 1.29 is 18.7 Å². The van der Waals surface area contributed by atoms with E-state index in [1.54, 1.807) is 32.9 Å². The molecule has 6 heteroatoms. The zero-order chi connectivity index (χ0) is 13.6. The third-order valence-electron chi connectivity index (χ3n) is 1.63. The lowest BCUT2D eigenvalue weighted by atomic mass is 10.2. The summed E-state index contributed by atoms with van der Waals surface area (Å²) < 4.78 is 9.93. The van der Waals surface area contributed by atoms with Gasteiger partial charge in [-0.25, -0.2) is 10.2 Å². The van der Waals surface area contributed by atoms with Crippen molar-refractivity contribution in [3.05, 3.63) is 30.2 Å². The average Bonchev–Trinajstić information content (AvgIpc) is 2.74. The Morgan fingerprint density at radius 1 is 1.33 bits per heavy atom. The van der Waals surface area contributed by atoms with Gasteiger partial charge in [-0.3, -0.25) is 10.2 Å². The minimum absolute atomic E-state index is 0.489. The molecule has 2 amide bonds. The Balaban J connectivity index is 2.31. The third-order valence-corrected chi connectivity index (χ3v) is 1.63. The van der Waals surface area contributed by atoms with Crippen molar-refractivity contribution in [3.63, 3.8) is 0 Å². The van der Waals surface area contributed by atoms with Gasteiger partial charge in [-0.05, 0) is 39.0 Å². The van der Waals surface area contributed by atoms with Crippen LogP contribution in [0.1, 0.15) is 26.5 Å². The lowest BCUT2D eigenvalue weighted by Crippen LogP contribution is -2.43. The number of hydrogen-bond acceptors (Lipinski definition) is 4. The van der Waals surface area contributed by atoms with Crippen LogP contribution in [0, 0.1) is 0 Å². The zero-order valence-corrected chi connectivity index (χ0v) is 10.5. The standard InChI is InChI=1S/C12H16N2O4/c1-12(2,3)18-11(16)14-13-10(15)7-6-9-5-4-8-17-9/h4-8H,1-3H3,(H,13,15)(H,14,16)/b7-6+. The molecule has 0 aliphatic rings. The molecule has 0 bridgehead atoms. The molecular formula is C12H16N2O4. The molecule has 0 aliphatic heterocycles. The van der Waals surface area contributed by atoms with E-state index in [0.29, 0.717) is 5.76 Å². The highest BCUT2D eigenvalue weighted by molar-refractivity contribution is 5.92. The molecule has 98 valence electrons. The summed E-state index contributed by atoms with van der Waals surface area (Å²) in [5.74, 6) is 0.0553. The molecule has 1 aromatic rings. The molecule has 0 spiro atoms. The normalized spacial score (nSPS) is 11.3. The summed E-state index contributed by atoms with van der Waals surface area (Å²) in [6, 6.07) is 3.40. The van der Waals surface area contributed by atoms with Crippen molar-refractivity contribution in [2.75, 3.05) is 0 Å². The van der Waals surface area contributed by atoms with Gasteiger partial charge in [0.1, 0.15) is 11.4 Å². The van der Waals surface area contributed by atoms with Gasteiger partial charge in [-0.2, -0.15) is 0 Å². The molecule has 2 N–H and O–H groups in total. The van der Waals surface area contributed by atoms with Crippen molar-refractivity contribution in [2.45, 2.75) is 26.4 Å². The summed E-state index contributed by atoms with van der Waals surface area (Å²) in [5, 5.41) is 0. The maximum atomic E-state index is 11.3. The molecule has 0 radical (unpaired) electrons. The molecule has 0 aliphatic carbocycles. The predicted octanol–water partition coefficient (Wildman–Crippen LogP) is 1.85. The Labute approximate surface area is 105 Å².